The van der Waals surface area contributed by atoms with E-state index in [1.165, 1.54) is 13.4 Å². The highest BCUT2D eigenvalue weighted by Crippen LogP contribution is 1.75. The smallest absolute Gasteiger partial charge is 0.277 e. The Bertz CT molecular complexity index is 314. The molecular formula is C5H8N4O3. The van der Waals surface area contributed by atoms with E-state index in [0.717, 1.165) is 4.57 Å². The van der Waals surface area contributed by atoms with E-state index in [2.05, 4.69) is 20.5 Å². The van der Waals surface area contributed by atoms with Gasteiger partial charge in [0.1, 0.15) is 12.9 Å². The first-order valence-electron chi connectivity index (χ1n) is 3.15. The second kappa shape index (κ2) is 3.67. The Morgan fingerprint density at radius 1 is 1.92 bits per heavy atom. The monoisotopic (exact) mass is 172 g/mol. The van der Waals surface area contributed by atoms with E-state index in [1.807, 2.05) is 0 Å². The highest BCUT2D eigenvalue weighted by atomic mass is 16.6. The van der Waals surface area contributed by atoms with Crippen LogP contribution in [0.25, 0.3) is 0 Å². The molecule has 0 fully saturated rings. The highest BCUT2D eigenvalue weighted by Gasteiger charge is 2.03. The summed E-state index contributed by atoms with van der Waals surface area (Å²) in [7, 11) is 1.32. The first-order valence-corrected chi connectivity index (χ1v) is 3.15. The predicted octanol–water partition coefficient (Wildman–Crippen LogP) is -1.75. The molecule has 2 N–H and O–H groups in total. The van der Waals surface area contributed by atoms with Crippen molar-refractivity contribution >= 4 is 5.91 Å². The van der Waals surface area contributed by atoms with Gasteiger partial charge >= 0.3 is 5.69 Å². The lowest BCUT2D eigenvalue weighted by molar-refractivity contribution is -0.131. The summed E-state index contributed by atoms with van der Waals surface area (Å²) >= 11 is 0. The number of aromatic nitrogens is 3. The van der Waals surface area contributed by atoms with E-state index in [4.69, 9.17) is 0 Å². The number of H-pyrrole nitrogens is 1. The van der Waals surface area contributed by atoms with Crippen molar-refractivity contribution in [1.82, 2.24) is 20.2 Å². The molecule has 0 atom stereocenters. The quantitative estimate of drug-likeness (QED) is 0.529. The van der Waals surface area contributed by atoms with E-state index >= 15 is 0 Å². The summed E-state index contributed by atoms with van der Waals surface area (Å²) in [6.07, 6.45) is 1.23. The van der Waals surface area contributed by atoms with E-state index < -0.39 is 11.6 Å². The Morgan fingerprint density at radius 3 is 3.17 bits per heavy atom. The summed E-state index contributed by atoms with van der Waals surface area (Å²) < 4.78 is 1.12. The molecule has 0 radical (unpaired) electrons. The Kier molecular flexibility index (Phi) is 2.59. The average molecular weight is 172 g/mol. The molecular weight excluding hydrogens is 164 g/mol. The normalized spacial score (nSPS) is 9.75. The lowest BCUT2D eigenvalue weighted by Crippen LogP contribution is -2.30. The number of nitrogens with zero attached hydrogens (tertiary/aromatic N) is 2. The van der Waals surface area contributed by atoms with Crippen LogP contribution < -0.4 is 11.2 Å². The largest absolute Gasteiger partial charge is 0.343 e. The molecule has 0 unspecified atom stereocenters. The molecule has 0 spiro atoms. The van der Waals surface area contributed by atoms with Gasteiger partial charge in [0.05, 0.1) is 7.11 Å². The zero-order chi connectivity index (χ0) is 8.97. The fraction of sp³-hybridized carbons (Fsp3) is 0.400. The molecule has 1 heterocycles. The standard InChI is InChI=1S/C5H8N4O3/c1-12-8-4(10)2-9-3-6-7-5(9)11/h3H,2H2,1H3,(H,7,11)(H,8,10). The fourth-order valence-electron chi connectivity index (χ4n) is 0.684. The Balaban J connectivity index is 2.58. The number of hydroxylamine groups is 1. The number of rotatable bonds is 3. The minimum Gasteiger partial charge on any atom is -0.277 e. The van der Waals surface area contributed by atoms with E-state index in [0.29, 0.717) is 0 Å². The number of nitrogens with one attached hydrogen (secondary N) is 2. The summed E-state index contributed by atoms with van der Waals surface area (Å²) in [6.45, 7) is -0.108. The molecule has 1 aromatic rings. The summed E-state index contributed by atoms with van der Waals surface area (Å²) in [6, 6.07) is 0. The van der Waals surface area contributed by atoms with Crippen molar-refractivity contribution in [1.29, 1.82) is 0 Å². The molecule has 0 aromatic carbocycles. The molecule has 7 heteroatoms. The Labute approximate surface area is 67.3 Å². The number of hydrogen-bond donors (Lipinski definition) is 2. The molecule has 1 amide bonds. The molecule has 7 nitrogen and oxygen atoms in total. The van der Waals surface area contributed by atoms with Crippen LogP contribution in [0.5, 0.6) is 0 Å². The van der Waals surface area contributed by atoms with E-state index in [9.17, 15) is 9.59 Å². The lowest BCUT2D eigenvalue weighted by Gasteiger charge is -1.99. The van der Waals surface area contributed by atoms with Crippen LogP contribution in [0.3, 0.4) is 0 Å². The van der Waals surface area contributed by atoms with Crippen LogP contribution in [0, 0.1) is 0 Å². The lowest BCUT2D eigenvalue weighted by atomic mass is 10.6. The summed E-state index contributed by atoms with van der Waals surface area (Å²) in [5.74, 6) is -0.416. The van der Waals surface area contributed by atoms with Crippen molar-refractivity contribution in [3.63, 3.8) is 0 Å². The van der Waals surface area contributed by atoms with Crippen molar-refractivity contribution in [2.45, 2.75) is 6.54 Å². The van der Waals surface area contributed by atoms with Gasteiger partial charge in [0.25, 0.3) is 5.91 Å². The van der Waals surface area contributed by atoms with Gasteiger partial charge in [0, 0.05) is 0 Å². The molecule has 1 rings (SSSR count). The fourth-order valence-corrected chi connectivity index (χ4v) is 0.684. The van der Waals surface area contributed by atoms with Crippen molar-refractivity contribution in [3.8, 4) is 0 Å². The number of carbonyl (C=O) groups excluding carboxylic acids is 1. The summed E-state index contributed by atoms with van der Waals surface area (Å²) in [5, 5.41) is 5.59. The van der Waals surface area contributed by atoms with Crippen molar-refractivity contribution in [2.75, 3.05) is 7.11 Å². The molecule has 66 valence electrons. The number of carbonyl (C=O) groups is 1. The zero-order valence-electron chi connectivity index (χ0n) is 6.40. The molecule has 0 aliphatic carbocycles. The van der Waals surface area contributed by atoms with Gasteiger partial charge in [-0.2, -0.15) is 5.10 Å². The van der Waals surface area contributed by atoms with Gasteiger partial charge in [-0.05, 0) is 0 Å². The van der Waals surface area contributed by atoms with Crippen LogP contribution in [0.4, 0.5) is 0 Å². The maximum absolute atomic E-state index is 10.8. The molecule has 0 bridgehead atoms. The van der Waals surface area contributed by atoms with Gasteiger partial charge in [0.15, 0.2) is 0 Å². The Hall–Kier alpha value is -1.63. The predicted molar refractivity (Wildman–Crippen MR) is 38.0 cm³/mol. The molecule has 12 heavy (non-hydrogen) atoms. The first-order chi connectivity index (χ1) is 5.74. The third kappa shape index (κ3) is 1.92. The topological polar surface area (TPSA) is 89.0 Å². The zero-order valence-corrected chi connectivity index (χ0v) is 6.40. The second-order valence-corrected chi connectivity index (χ2v) is 2.02. The first kappa shape index (κ1) is 8.47. The molecule has 0 saturated heterocycles. The summed E-state index contributed by atoms with van der Waals surface area (Å²) in [4.78, 5) is 26.0. The molecule has 1 aromatic heterocycles. The molecule has 0 aliphatic heterocycles. The number of amides is 1. The number of hydrogen-bond acceptors (Lipinski definition) is 4. The highest BCUT2D eigenvalue weighted by molar-refractivity contribution is 5.74. The SMILES string of the molecule is CONC(=O)Cn1cn[nH]c1=O. The van der Waals surface area contributed by atoms with Gasteiger partial charge in [-0.1, -0.05) is 0 Å². The number of aromatic amines is 1. The van der Waals surface area contributed by atoms with Crippen LogP contribution in [0.15, 0.2) is 11.1 Å². The van der Waals surface area contributed by atoms with E-state index in [1.54, 1.807) is 0 Å². The Morgan fingerprint density at radius 2 is 2.67 bits per heavy atom. The van der Waals surface area contributed by atoms with Gasteiger partial charge < -0.3 is 0 Å². The maximum atomic E-state index is 10.8. The minimum absolute atomic E-state index is 0.108. The van der Waals surface area contributed by atoms with Crippen LogP contribution in [-0.4, -0.2) is 27.8 Å². The summed E-state index contributed by atoms with van der Waals surface area (Å²) in [5.41, 5.74) is 1.64. The molecule has 0 saturated carbocycles. The minimum atomic E-state index is -0.429. The van der Waals surface area contributed by atoms with Crippen LogP contribution in [0.2, 0.25) is 0 Å². The van der Waals surface area contributed by atoms with Crippen LogP contribution >= 0.6 is 0 Å². The second-order valence-electron chi connectivity index (χ2n) is 2.02. The van der Waals surface area contributed by atoms with Crippen LogP contribution in [-0.2, 0) is 16.2 Å². The third-order valence-electron chi connectivity index (χ3n) is 1.15. The van der Waals surface area contributed by atoms with Crippen molar-refractivity contribution < 1.29 is 9.63 Å². The van der Waals surface area contributed by atoms with Gasteiger partial charge in [-0.25, -0.2) is 15.4 Å². The van der Waals surface area contributed by atoms with Gasteiger partial charge in [0.2, 0.25) is 0 Å². The van der Waals surface area contributed by atoms with Crippen LogP contribution in [0.1, 0.15) is 0 Å². The van der Waals surface area contributed by atoms with Gasteiger partial charge in [-0.15, -0.1) is 0 Å². The molecule has 0 aliphatic rings. The van der Waals surface area contributed by atoms with E-state index in [-0.39, 0.29) is 6.54 Å². The third-order valence-corrected chi connectivity index (χ3v) is 1.15. The average Bonchev–Trinajstić information content (AvgIpc) is 2.37. The van der Waals surface area contributed by atoms with Gasteiger partial charge in [-0.3, -0.25) is 14.2 Å². The van der Waals surface area contributed by atoms with Crippen molar-refractivity contribution in [2.24, 2.45) is 0 Å². The maximum Gasteiger partial charge on any atom is 0.343 e. The van der Waals surface area contributed by atoms with Crippen molar-refractivity contribution in [3.05, 3.63) is 16.8 Å².